The maximum absolute atomic E-state index is 5.40. The van der Waals surface area contributed by atoms with Gasteiger partial charge in [0.25, 0.3) is 0 Å². The molecule has 6 heteroatoms. The molecule has 0 bridgehead atoms. The smallest absolute Gasteiger partial charge is 0.145 e. The fourth-order valence-corrected chi connectivity index (χ4v) is 4.17. The quantitative estimate of drug-likeness (QED) is 0.499. The minimum atomic E-state index is 0.812. The maximum atomic E-state index is 5.40. The van der Waals surface area contributed by atoms with Crippen LogP contribution in [-0.2, 0) is 0 Å². The van der Waals surface area contributed by atoms with Gasteiger partial charge in [-0.3, -0.25) is 5.10 Å². The Morgan fingerprint density at radius 3 is 2.83 bits per heavy atom. The number of aryl methyl sites for hydroxylation is 1. The van der Waals surface area contributed by atoms with Crippen molar-refractivity contribution in [2.24, 2.45) is 0 Å². The molecule has 4 rings (SSSR count). The van der Waals surface area contributed by atoms with Crippen molar-refractivity contribution in [1.29, 1.82) is 0 Å². The van der Waals surface area contributed by atoms with Crippen molar-refractivity contribution < 1.29 is 4.74 Å². The molecule has 2 aromatic carbocycles. The molecule has 0 fully saturated rings. The standard InChI is InChI=1S/C18H14BrN3OS/c1-10-17(11-7-8-13(19)15(9-11)23-2)24-18(20-10)16-12-5-3-4-6-14(12)21-22-16/h3-9H,1-2H3,(H,21,22). The van der Waals surface area contributed by atoms with E-state index in [4.69, 9.17) is 9.72 Å². The number of hydrogen-bond acceptors (Lipinski definition) is 4. The van der Waals surface area contributed by atoms with Crippen LogP contribution in [0.1, 0.15) is 5.69 Å². The molecule has 0 aliphatic rings. The van der Waals surface area contributed by atoms with Gasteiger partial charge in [-0.15, -0.1) is 11.3 Å². The van der Waals surface area contributed by atoms with Crippen LogP contribution < -0.4 is 4.74 Å². The number of nitrogens with one attached hydrogen (secondary N) is 1. The van der Waals surface area contributed by atoms with E-state index < -0.39 is 0 Å². The number of benzene rings is 2. The number of aromatic nitrogens is 3. The van der Waals surface area contributed by atoms with Crippen LogP contribution in [0.25, 0.3) is 32.0 Å². The first kappa shape index (κ1) is 15.4. The van der Waals surface area contributed by atoms with E-state index in [1.807, 2.05) is 37.3 Å². The van der Waals surface area contributed by atoms with Gasteiger partial charge in [-0.05, 0) is 46.6 Å². The predicted molar refractivity (Wildman–Crippen MR) is 102 cm³/mol. The summed E-state index contributed by atoms with van der Waals surface area (Å²) in [5.74, 6) is 0.812. The van der Waals surface area contributed by atoms with E-state index in [9.17, 15) is 0 Å². The van der Waals surface area contributed by atoms with Crippen molar-refractivity contribution in [1.82, 2.24) is 15.2 Å². The number of H-pyrrole nitrogens is 1. The second-order valence-corrected chi connectivity index (χ2v) is 7.25. The molecule has 0 aliphatic carbocycles. The van der Waals surface area contributed by atoms with Gasteiger partial charge in [-0.1, -0.05) is 24.3 Å². The highest BCUT2D eigenvalue weighted by molar-refractivity contribution is 9.10. The Morgan fingerprint density at radius 2 is 2.00 bits per heavy atom. The average Bonchev–Trinajstić information content (AvgIpc) is 3.19. The number of hydrogen-bond donors (Lipinski definition) is 1. The molecule has 0 unspecified atom stereocenters. The van der Waals surface area contributed by atoms with Crippen molar-refractivity contribution >= 4 is 38.2 Å². The van der Waals surface area contributed by atoms with E-state index >= 15 is 0 Å². The summed E-state index contributed by atoms with van der Waals surface area (Å²) < 4.78 is 6.34. The summed E-state index contributed by atoms with van der Waals surface area (Å²) in [5, 5.41) is 9.53. The van der Waals surface area contributed by atoms with E-state index in [0.29, 0.717) is 0 Å². The Bertz CT molecular complexity index is 1040. The number of thiazole rings is 1. The topological polar surface area (TPSA) is 50.8 Å². The van der Waals surface area contributed by atoms with Crippen LogP contribution in [0.3, 0.4) is 0 Å². The lowest BCUT2D eigenvalue weighted by Gasteiger charge is -2.05. The highest BCUT2D eigenvalue weighted by atomic mass is 79.9. The van der Waals surface area contributed by atoms with Gasteiger partial charge in [-0.25, -0.2) is 4.98 Å². The van der Waals surface area contributed by atoms with Gasteiger partial charge in [0, 0.05) is 5.39 Å². The number of halogens is 1. The first-order chi connectivity index (χ1) is 11.7. The van der Waals surface area contributed by atoms with Crippen LogP contribution in [0.2, 0.25) is 0 Å². The second kappa shape index (κ2) is 6.03. The molecular weight excluding hydrogens is 386 g/mol. The maximum Gasteiger partial charge on any atom is 0.145 e. The van der Waals surface area contributed by atoms with Gasteiger partial charge in [0.15, 0.2) is 0 Å². The zero-order valence-corrected chi connectivity index (χ0v) is 15.5. The van der Waals surface area contributed by atoms with Crippen molar-refractivity contribution in [3.8, 4) is 26.9 Å². The molecule has 4 nitrogen and oxygen atoms in total. The van der Waals surface area contributed by atoms with E-state index in [-0.39, 0.29) is 0 Å². The van der Waals surface area contributed by atoms with Crippen LogP contribution >= 0.6 is 27.3 Å². The monoisotopic (exact) mass is 399 g/mol. The number of nitrogens with zero attached hydrogens (tertiary/aromatic N) is 2. The van der Waals surface area contributed by atoms with E-state index in [1.54, 1.807) is 18.4 Å². The average molecular weight is 400 g/mol. The zero-order chi connectivity index (χ0) is 16.7. The zero-order valence-electron chi connectivity index (χ0n) is 13.1. The number of aromatic amines is 1. The Morgan fingerprint density at radius 1 is 1.17 bits per heavy atom. The molecule has 4 aromatic rings. The van der Waals surface area contributed by atoms with Crippen LogP contribution in [0, 0.1) is 6.92 Å². The second-order valence-electron chi connectivity index (χ2n) is 5.40. The first-order valence-electron chi connectivity index (χ1n) is 7.42. The third kappa shape index (κ3) is 2.52. The highest BCUT2D eigenvalue weighted by Gasteiger charge is 2.16. The summed E-state index contributed by atoms with van der Waals surface area (Å²) >= 11 is 5.14. The molecular formula is C18H14BrN3OS. The highest BCUT2D eigenvalue weighted by Crippen LogP contribution is 2.39. The Hall–Kier alpha value is -2.18. The number of fused-ring (bicyclic) bond motifs is 1. The van der Waals surface area contributed by atoms with Gasteiger partial charge in [0.1, 0.15) is 16.5 Å². The summed E-state index contributed by atoms with van der Waals surface area (Å²) in [5.41, 5.74) is 4.00. The summed E-state index contributed by atoms with van der Waals surface area (Å²) in [6, 6.07) is 14.2. The van der Waals surface area contributed by atoms with Crippen molar-refractivity contribution in [3.63, 3.8) is 0 Å². The molecule has 2 heterocycles. The number of methoxy groups -OCH3 is 1. The Kier molecular flexibility index (Phi) is 3.86. The van der Waals surface area contributed by atoms with Gasteiger partial charge in [0.05, 0.1) is 27.7 Å². The Labute approximate surface area is 151 Å². The number of para-hydroxylation sites is 1. The van der Waals surface area contributed by atoms with Crippen molar-refractivity contribution in [2.45, 2.75) is 6.92 Å². The number of rotatable bonds is 3. The van der Waals surface area contributed by atoms with Crippen LogP contribution in [-0.4, -0.2) is 22.3 Å². The molecule has 0 amide bonds. The molecule has 0 saturated carbocycles. The lowest BCUT2D eigenvalue weighted by molar-refractivity contribution is 0.412. The summed E-state index contributed by atoms with van der Waals surface area (Å²) in [6.45, 7) is 2.03. The molecule has 120 valence electrons. The normalized spacial score (nSPS) is 11.1. The van der Waals surface area contributed by atoms with E-state index in [0.717, 1.165) is 48.0 Å². The summed E-state index contributed by atoms with van der Waals surface area (Å²) in [6.07, 6.45) is 0. The van der Waals surface area contributed by atoms with Crippen molar-refractivity contribution in [2.75, 3.05) is 7.11 Å². The molecule has 0 aliphatic heterocycles. The van der Waals surface area contributed by atoms with Gasteiger partial charge in [0.2, 0.25) is 0 Å². The minimum absolute atomic E-state index is 0.812. The van der Waals surface area contributed by atoms with Crippen LogP contribution in [0.5, 0.6) is 5.75 Å². The summed E-state index contributed by atoms with van der Waals surface area (Å²) in [4.78, 5) is 5.87. The SMILES string of the molecule is COc1cc(-c2sc(-c3n[nH]c4ccccc34)nc2C)ccc1Br. The Balaban J connectivity index is 1.83. The predicted octanol–water partition coefficient (Wildman–Crippen LogP) is 5.43. The lowest BCUT2D eigenvalue weighted by atomic mass is 10.1. The third-order valence-corrected chi connectivity index (χ3v) is 5.75. The molecule has 0 saturated heterocycles. The van der Waals surface area contributed by atoms with Crippen LogP contribution in [0.15, 0.2) is 46.9 Å². The molecule has 0 spiro atoms. The van der Waals surface area contributed by atoms with Gasteiger partial charge in [-0.2, -0.15) is 5.10 Å². The van der Waals surface area contributed by atoms with Gasteiger partial charge < -0.3 is 4.74 Å². The molecule has 0 atom stereocenters. The van der Waals surface area contributed by atoms with Crippen molar-refractivity contribution in [3.05, 3.63) is 52.6 Å². The van der Waals surface area contributed by atoms with Gasteiger partial charge >= 0.3 is 0 Å². The summed E-state index contributed by atoms with van der Waals surface area (Å²) in [7, 11) is 1.67. The fourth-order valence-electron chi connectivity index (χ4n) is 2.69. The molecule has 2 aromatic heterocycles. The minimum Gasteiger partial charge on any atom is -0.496 e. The largest absolute Gasteiger partial charge is 0.496 e. The van der Waals surface area contributed by atoms with E-state index in [2.05, 4.69) is 38.3 Å². The first-order valence-corrected chi connectivity index (χ1v) is 9.03. The molecule has 1 N–H and O–H groups in total. The lowest BCUT2D eigenvalue weighted by Crippen LogP contribution is -1.85. The number of ether oxygens (including phenoxy) is 1. The fraction of sp³-hybridized carbons (Fsp3) is 0.111. The molecule has 0 radical (unpaired) electrons. The van der Waals surface area contributed by atoms with E-state index in [1.165, 1.54) is 0 Å². The molecule has 24 heavy (non-hydrogen) atoms. The third-order valence-electron chi connectivity index (χ3n) is 3.88. The van der Waals surface area contributed by atoms with Crippen LogP contribution in [0.4, 0.5) is 0 Å².